The van der Waals surface area contributed by atoms with E-state index < -0.39 is 0 Å². The summed E-state index contributed by atoms with van der Waals surface area (Å²) in [7, 11) is 0. The summed E-state index contributed by atoms with van der Waals surface area (Å²) in [6.07, 6.45) is 1.40. The fourth-order valence-electron chi connectivity index (χ4n) is 1.29. The minimum atomic E-state index is -0.262. The number of nitrogens with zero attached hydrogens (tertiary/aromatic N) is 2. The second kappa shape index (κ2) is 4.85. The molecule has 1 aromatic carbocycles. The van der Waals surface area contributed by atoms with Crippen molar-refractivity contribution in [3.63, 3.8) is 0 Å². The van der Waals surface area contributed by atoms with Gasteiger partial charge >= 0.3 is 0 Å². The number of benzene rings is 1. The van der Waals surface area contributed by atoms with E-state index in [1.165, 1.54) is 12.3 Å². The molecule has 0 saturated heterocycles. The van der Waals surface area contributed by atoms with E-state index in [1.807, 2.05) is 0 Å². The summed E-state index contributed by atoms with van der Waals surface area (Å²) in [5.41, 5.74) is 1.21. The third-order valence-corrected chi connectivity index (χ3v) is 2.59. The maximum Gasteiger partial charge on any atom is 0.224 e. The summed E-state index contributed by atoms with van der Waals surface area (Å²) in [6.45, 7) is 1.68. The van der Waals surface area contributed by atoms with E-state index in [1.54, 1.807) is 19.1 Å². The minimum absolute atomic E-state index is 0.0933. The predicted molar refractivity (Wildman–Crippen MR) is 66.5 cm³/mol. The molecule has 6 heteroatoms. The van der Waals surface area contributed by atoms with Crippen LogP contribution >= 0.6 is 23.2 Å². The molecule has 2 aromatic rings. The summed E-state index contributed by atoms with van der Waals surface area (Å²) in [4.78, 5) is 7.67. The Kier molecular flexibility index (Phi) is 3.45. The molecule has 1 N–H and O–H groups in total. The number of hydrogen-bond acceptors (Lipinski definition) is 3. The lowest BCUT2D eigenvalue weighted by molar-refractivity contribution is 0.619. The Hall–Kier alpha value is -1.39. The van der Waals surface area contributed by atoms with Crippen LogP contribution in [-0.4, -0.2) is 9.97 Å². The lowest BCUT2D eigenvalue weighted by Crippen LogP contribution is -1.97. The first-order valence-electron chi connectivity index (χ1n) is 4.77. The Morgan fingerprint density at radius 1 is 1.29 bits per heavy atom. The molecule has 0 aliphatic heterocycles. The number of hydrogen-bond donors (Lipinski definition) is 1. The molecule has 0 bridgehead atoms. The molecule has 0 amide bonds. The van der Waals surface area contributed by atoms with Crippen molar-refractivity contribution in [2.24, 2.45) is 0 Å². The van der Waals surface area contributed by atoms with Crippen molar-refractivity contribution < 1.29 is 4.39 Å². The number of nitrogens with one attached hydrogen (secondary N) is 1. The highest BCUT2D eigenvalue weighted by atomic mass is 35.5. The molecule has 0 fully saturated rings. The summed E-state index contributed by atoms with van der Waals surface area (Å²) in [6, 6.07) is 4.62. The Morgan fingerprint density at radius 3 is 2.76 bits per heavy atom. The van der Waals surface area contributed by atoms with Gasteiger partial charge in [-0.3, -0.25) is 0 Å². The van der Waals surface area contributed by atoms with Crippen molar-refractivity contribution in [1.82, 2.24) is 9.97 Å². The summed E-state index contributed by atoms with van der Waals surface area (Å²) in [5.74, 6) is 0.125. The Morgan fingerprint density at radius 2 is 2.06 bits per heavy atom. The molecule has 0 spiro atoms. The lowest BCUT2D eigenvalue weighted by atomic mass is 10.2. The van der Waals surface area contributed by atoms with Gasteiger partial charge in [-0.2, -0.15) is 4.98 Å². The van der Waals surface area contributed by atoms with Gasteiger partial charge in [-0.25, -0.2) is 9.37 Å². The molecule has 3 nitrogen and oxygen atoms in total. The van der Waals surface area contributed by atoms with Crippen LogP contribution in [0.2, 0.25) is 10.3 Å². The van der Waals surface area contributed by atoms with Crippen LogP contribution < -0.4 is 5.32 Å². The first-order chi connectivity index (χ1) is 8.06. The molecule has 88 valence electrons. The van der Waals surface area contributed by atoms with Gasteiger partial charge in [0, 0.05) is 5.69 Å². The molecule has 0 aliphatic rings. The molecule has 0 radical (unpaired) electrons. The number of halogens is 3. The zero-order chi connectivity index (χ0) is 12.4. The topological polar surface area (TPSA) is 37.8 Å². The maximum atomic E-state index is 13.1. The predicted octanol–water partition coefficient (Wildman–Crippen LogP) is 3.97. The van der Waals surface area contributed by atoms with Crippen LogP contribution in [0.3, 0.4) is 0 Å². The van der Waals surface area contributed by atoms with E-state index in [9.17, 15) is 4.39 Å². The highest BCUT2D eigenvalue weighted by Gasteiger charge is 2.05. The smallest absolute Gasteiger partial charge is 0.224 e. The molecule has 2 rings (SSSR count). The fourth-order valence-corrected chi connectivity index (χ4v) is 1.56. The summed E-state index contributed by atoms with van der Waals surface area (Å²) < 4.78 is 13.1. The van der Waals surface area contributed by atoms with Crippen molar-refractivity contribution >= 4 is 34.7 Å². The second-order valence-corrected chi connectivity index (χ2v) is 4.17. The second-order valence-electron chi connectivity index (χ2n) is 3.42. The molecule has 0 saturated carbocycles. The highest BCUT2D eigenvalue weighted by molar-refractivity contribution is 6.33. The normalized spacial score (nSPS) is 10.4. The van der Waals surface area contributed by atoms with Gasteiger partial charge in [0.15, 0.2) is 5.82 Å². The van der Waals surface area contributed by atoms with Crippen molar-refractivity contribution in [1.29, 1.82) is 0 Å². The molecular weight excluding hydrogens is 264 g/mol. The van der Waals surface area contributed by atoms with Gasteiger partial charge < -0.3 is 5.32 Å². The average molecular weight is 272 g/mol. The van der Waals surface area contributed by atoms with Crippen LogP contribution in [0.15, 0.2) is 24.4 Å². The van der Waals surface area contributed by atoms with Gasteiger partial charge in [-0.1, -0.05) is 11.6 Å². The van der Waals surface area contributed by atoms with Crippen LogP contribution in [0.25, 0.3) is 0 Å². The molecule has 1 heterocycles. The number of aromatic nitrogens is 2. The zero-order valence-corrected chi connectivity index (χ0v) is 10.3. The Balaban J connectivity index is 2.31. The molecule has 1 aromatic heterocycles. The number of rotatable bonds is 2. The SMILES string of the molecule is Cc1cc(Nc2nc(Cl)ncc2Cl)ccc1F. The van der Waals surface area contributed by atoms with Crippen LogP contribution in [0.5, 0.6) is 0 Å². The van der Waals surface area contributed by atoms with Gasteiger partial charge in [0.1, 0.15) is 10.8 Å². The van der Waals surface area contributed by atoms with Gasteiger partial charge in [0.2, 0.25) is 5.28 Å². The van der Waals surface area contributed by atoms with E-state index in [0.717, 1.165) is 0 Å². The third kappa shape index (κ3) is 2.84. The van der Waals surface area contributed by atoms with Crippen LogP contribution in [0, 0.1) is 12.7 Å². The number of aryl methyl sites for hydroxylation is 1. The summed E-state index contributed by atoms with van der Waals surface area (Å²) >= 11 is 11.6. The molecular formula is C11H8Cl2FN3. The largest absolute Gasteiger partial charge is 0.339 e. The van der Waals surface area contributed by atoms with E-state index in [2.05, 4.69) is 15.3 Å². The maximum absolute atomic E-state index is 13.1. The molecule has 0 aliphatic carbocycles. The van der Waals surface area contributed by atoms with E-state index in [-0.39, 0.29) is 11.1 Å². The van der Waals surface area contributed by atoms with Gasteiger partial charge in [0.25, 0.3) is 0 Å². The van der Waals surface area contributed by atoms with E-state index >= 15 is 0 Å². The molecule has 17 heavy (non-hydrogen) atoms. The van der Waals surface area contributed by atoms with Crippen molar-refractivity contribution in [2.75, 3.05) is 5.32 Å². The first kappa shape index (κ1) is 12.1. The fraction of sp³-hybridized carbons (Fsp3) is 0.0909. The quantitative estimate of drug-likeness (QED) is 0.840. The standard InChI is InChI=1S/C11H8Cl2FN3/c1-6-4-7(2-3-9(6)14)16-10-8(12)5-15-11(13)17-10/h2-5H,1H3,(H,15,16,17). The van der Waals surface area contributed by atoms with Crippen LogP contribution in [0.1, 0.15) is 5.56 Å². The molecule has 0 atom stereocenters. The average Bonchev–Trinajstić information content (AvgIpc) is 2.29. The first-order valence-corrected chi connectivity index (χ1v) is 5.53. The van der Waals surface area contributed by atoms with Crippen molar-refractivity contribution in [3.8, 4) is 0 Å². The Labute approximate surface area is 108 Å². The third-order valence-electron chi connectivity index (χ3n) is 2.14. The van der Waals surface area contributed by atoms with Crippen molar-refractivity contribution in [2.45, 2.75) is 6.92 Å². The lowest BCUT2D eigenvalue weighted by Gasteiger charge is -2.08. The zero-order valence-electron chi connectivity index (χ0n) is 8.84. The van der Waals surface area contributed by atoms with Gasteiger partial charge in [0.05, 0.1) is 6.20 Å². The molecule has 0 unspecified atom stereocenters. The summed E-state index contributed by atoms with van der Waals surface area (Å²) in [5, 5.41) is 3.38. The van der Waals surface area contributed by atoms with E-state index in [4.69, 9.17) is 23.2 Å². The van der Waals surface area contributed by atoms with E-state index in [0.29, 0.717) is 22.1 Å². The number of anilines is 2. The van der Waals surface area contributed by atoms with Crippen LogP contribution in [-0.2, 0) is 0 Å². The Bertz CT molecular complexity index is 560. The highest BCUT2D eigenvalue weighted by Crippen LogP contribution is 2.24. The van der Waals surface area contributed by atoms with Gasteiger partial charge in [-0.05, 0) is 42.3 Å². The van der Waals surface area contributed by atoms with Crippen molar-refractivity contribution in [3.05, 3.63) is 46.1 Å². The monoisotopic (exact) mass is 271 g/mol. The minimum Gasteiger partial charge on any atom is -0.339 e. The van der Waals surface area contributed by atoms with Crippen LogP contribution in [0.4, 0.5) is 15.9 Å². The van der Waals surface area contributed by atoms with Gasteiger partial charge in [-0.15, -0.1) is 0 Å².